The molecule has 0 saturated heterocycles. The van der Waals surface area contributed by atoms with Crippen LogP contribution in [0, 0.1) is 24.2 Å². The van der Waals surface area contributed by atoms with Gasteiger partial charge in [0.25, 0.3) is 0 Å². The SMILES string of the molecule is CCOc1cc2c(cc1NC(=O)/C=C/CN(C)C)C(Nc1ccc(OCc3ncccc3C)c(OC)c1)C(C#N)C1(CCCCCCCC1)N2. The summed E-state index contributed by atoms with van der Waals surface area (Å²) in [6, 6.07) is 16.0. The molecule has 50 heavy (non-hydrogen) atoms. The van der Waals surface area contributed by atoms with E-state index >= 15 is 0 Å². The Morgan fingerprint density at radius 2 is 1.82 bits per heavy atom. The van der Waals surface area contributed by atoms with Gasteiger partial charge in [0, 0.05) is 47.9 Å². The molecule has 1 aromatic heterocycles. The molecule has 1 saturated carbocycles. The number of pyridine rings is 1. The van der Waals surface area contributed by atoms with Crippen LogP contribution in [0.3, 0.4) is 0 Å². The second kappa shape index (κ2) is 17.3. The molecule has 1 aliphatic heterocycles. The highest BCUT2D eigenvalue weighted by Crippen LogP contribution is 2.51. The summed E-state index contributed by atoms with van der Waals surface area (Å²) in [6.07, 6.45) is 13.8. The van der Waals surface area contributed by atoms with E-state index in [9.17, 15) is 10.1 Å². The van der Waals surface area contributed by atoms with Crippen molar-refractivity contribution in [1.82, 2.24) is 9.88 Å². The number of likely N-dealkylation sites (N-methyl/N-ethyl adjacent to an activating group) is 1. The molecular formula is C40H52N6O4. The lowest BCUT2D eigenvalue weighted by molar-refractivity contribution is -0.111. The number of nitriles is 1. The number of benzene rings is 2. The summed E-state index contributed by atoms with van der Waals surface area (Å²) < 4.78 is 18.0. The molecule has 3 aromatic rings. The van der Waals surface area contributed by atoms with E-state index in [0.717, 1.165) is 66.7 Å². The number of aryl methyl sites for hydroxylation is 1. The first-order chi connectivity index (χ1) is 24.3. The Morgan fingerprint density at radius 3 is 2.50 bits per heavy atom. The fraction of sp³-hybridized carbons (Fsp3) is 0.475. The molecule has 2 unspecified atom stereocenters. The van der Waals surface area contributed by atoms with E-state index in [1.54, 1.807) is 19.4 Å². The van der Waals surface area contributed by atoms with Gasteiger partial charge in [-0.05, 0) is 70.6 Å². The standard InChI is InChI=1S/C40H52N6O4/c1-6-49-36-25-32-30(24-33(36)44-38(47)16-14-22-46(3)4)39(31(26-41)40(45-32)19-11-9-7-8-10-12-20-40)43-29-17-18-35(37(23-29)48-5)50-27-34-28(2)15-13-21-42-34/h13-18,21,23-25,31,39,43,45H,6-12,19-20,22,27H2,1-5H3,(H,44,47)/b16-14+. The Kier molecular flexibility index (Phi) is 12.6. The van der Waals surface area contributed by atoms with Crippen molar-refractivity contribution in [3.05, 3.63) is 77.6 Å². The molecule has 2 aromatic carbocycles. The number of nitrogens with one attached hydrogen (secondary N) is 3. The largest absolute Gasteiger partial charge is 0.493 e. The van der Waals surface area contributed by atoms with E-state index in [2.05, 4.69) is 27.0 Å². The van der Waals surface area contributed by atoms with Gasteiger partial charge in [-0.2, -0.15) is 5.26 Å². The Hall–Kier alpha value is -4.75. The van der Waals surface area contributed by atoms with E-state index in [4.69, 9.17) is 14.2 Å². The number of anilines is 3. The van der Waals surface area contributed by atoms with Gasteiger partial charge in [-0.1, -0.05) is 50.7 Å². The van der Waals surface area contributed by atoms with Crippen LogP contribution in [0.25, 0.3) is 0 Å². The number of rotatable bonds is 12. The maximum atomic E-state index is 13.0. The highest BCUT2D eigenvalue weighted by molar-refractivity contribution is 6.00. The molecule has 2 heterocycles. The van der Waals surface area contributed by atoms with Gasteiger partial charge in [0.05, 0.1) is 48.7 Å². The summed E-state index contributed by atoms with van der Waals surface area (Å²) >= 11 is 0. The predicted molar refractivity (Wildman–Crippen MR) is 199 cm³/mol. The van der Waals surface area contributed by atoms with Crippen LogP contribution < -0.4 is 30.2 Å². The summed E-state index contributed by atoms with van der Waals surface area (Å²) in [7, 11) is 5.53. The van der Waals surface area contributed by atoms with Crippen molar-refractivity contribution in [1.29, 1.82) is 5.26 Å². The molecule has 0 radical (unpaired) electrons. The molecule has 2 atom stereocenters. The van der Waals surface area contributed by atoms with Gasteiger partial charge >= 0.3 is 0 Å². The monoisotopic (exact) mass is 680 g/mol. The van der Waals surface area contributed by atoms with Crippen LogP contribution >= 0.6 is 0 Å². The Balaban J connectivity index is 1.53. The van der Waals surface area contributed by atoms with Crippen LogP contribution in [0.4, 0.5) is 17.1 Å². The maximum Gasteiger partial charge on any atom is 0.248 e. The average Bonchev–Trinajstić information content (AvgIpc) is 3.21. The normalized spacial score (nSPS) is 18.6. The van der Waals surface area contributed by atoms with E-state index < -0.39 is 11.5 Å². The molecule has 3 N–H and O–H groups in total. The van der Waals surface area contributed by atoms with Crippen LogP contribution in [0.1, 0.15) is 81.2 Å². The quantitative estimate of drug-likeness (QED) is 0.163. The third kappa shape index (κ3) is 8.88. The number of hydrogen-bond donors (Lipinski definition) is 3. The van der Waals surface area contributed by atoms with Gasteiger partial charge in [0.1, 0.15) is 12.4 Å². The van der Waals surface area contributed by atoms with Crippen molar-refractivity contribution in [2.45, 2.75) is 83.4 Å². The first-order valence-electron chi connectivity index (χ1n) is 17.9. The number of fused-ring (bicyclic) bond motifs is 1. The van der Waals surface area contributed by atoms with Gasteiger partial charge in [0.2, 0.25) is 5.91 Å². The zero-order valence-corrected chi connectivity index (χ0v) is 30.2. The minimum absolute atomic E-state index is 0.244. The molecule has 5 rings (SSSR count). The van der Waals surface area contributed by atoms with E-state index in [1.165, 1.54) is 12.8 Å². The maximum absolute atomic E-state index is 13.0. The highest BCUT2D eigenvalue weighted by atomic mass is 16.5. The third-order valence-corrected chi connectivity index (χ3v) is 9.70. The molecule has 0 bridgehead atoms. The average molecular weight is 681 g/mol. The second-order valence-corrected chi connectivity index (χ2v) is 13.6. The zero-order valence-electron chi connectivity index (χ0n) is 30.2. The fourth-order valence-corrected chi connectivity index (χ4v) is 7.10. The molecule has 1 amide bonds. The number of aromatic nitrogens is 1. The Morgan fingerprint density at radius 1 is 1.06 bits per heavy atom. The molecular weight excluding hydrogens is 628 g/mol. The molecule has 266 valence electrons. The number of hydrogen-bond acceptors (Lipinski definition) is 9. The highest BCUT2D eigenvalue weighted by Gasteiger charge is 2.48. The van der Waals surface area contributed by atoms with Crippen LogP contribution in [0.5, 0.6) is 17.2 Å². The summed E-state index contributed by atoms with van der Waals surface area (Å²) in [4.78, 5) is 19.5. The van der Waals surface area contributed by atoms with Crippen LogP contribution in [0.15, 0.2) is 60.8 Å². The molecule has 1 fully saturated rings. The Bertz CT molecular complexity index is 1670. The first-order valence-corrected chi connectivity index (χ1v) is 17.9. The summed E-state index contributed by atoms with van der Waals surface area (Å²) in [5, 5.41) is 21.6. The minimum Gasteiger partial charge on any atom is -0.493 e. The van der Waals surface area contributed by atoms with Gasteiger partial charge < -0.3 is 35.1 Å². The lowest BCUT2D eigenvalue weighted by Gasteiger charge is -2.48. The van der Waals surface area contributed by atoms with Crippen molar-refractivity contribution < 1.29 is 19.0 Å². The van der Waals surface area contributed by atoms with Crippen molar-refractivity contribution in [2.75, 3.05) is 50.3 Å². The lowest BCUT2D eigenvalue weighted by atomic mass is 9.69. The fourth-order valence-electron chi connectivity index (χ4n) is 7.10. The third-order valence-electron chi connectivity index (χ3n) is 9.70. The van der Waals surface area contributed by atoms with Gasteiger partial charge in [-0.3, -0.25) is 9.78 Å². The van der Waals surface area contributed by atoms with Gasteiger partial charge in [-0.15, -0.1) is 0 Å². The molecule has 1 spiro atoms. The molecule has 2 aliphatic rings. The predicted octanol–water partition coefficient (Wildman–Crippen LogP) is 8.02. The number of amides is 1. The first kappa shape index (κ1) is 36.5. The van der Waals surface area contributed by atoms with E-state index in [-0.39, 0.29) is 11.9 Å². The summed E-state index contributed by atoms with van der Waals surface area (Å²) in [5.41, 5.74) is 4.66. The smallest absolute Gasteiger partial charge is 0.248 e. The van der Waals surface area contributed by atoms with Crippen molar-refractivity contribution in [2.24, 2.45) is 5.92 Å². The number of ether oxygens (including phenoxy) is 3. The molecule has 10 heteroatoms. The number of carbonyl (C=O) groups excluding carboxylic acids is 1. The van der Waals surface area contributed by atoms with Crippen molar-refractivity contribution in [3.8, 4) is 23.3 Å². The van der Waals surface area contributed by atoms with Crippen molar-refractivity contribution >= 4 is 23.0 Å². The van der Waals surface area contributed by atoms with Crippen LogP contribution in [-0.4, -0.2) is 55.7 Å². The lowest BCUT2D eigenvalue weighted by Crippen LogP contribution is -2.52. The van der Waals surface area contributed by atoms with Gasteiger partial charge in [-0.25, -0.2) is 0 Å². The molecule has 1 aliphatic carbocycles. The summed E-state index contributed by atoms with van der Waals surface area (Å²) in [6.45, 7) is 5.36. The van der Waals surface area contributed by atoms with Crippen LogP contribution in [0.2, 0.25) is 0 Å². The molecule has 10 nitrogen and oxygen atoms in total. The number of carbonyl (C=O) groups is 1. The van der Waals surface area contributed by atoms with Crippen molar-refractivity contribution in [3.63, 3.8) is 0 Å². The zero-order chi connectivity index (χ0) is 35.5. The number of nitrogens with zero attached hydrogens (tertiary/aromatic N) is 3. The van der Waals surface area contributed by atoms with E-state index in [1.807, 2.05) is 81.4 Å². The topological polar surface area (TPSA) is 121 Å². The summed E-state index contributed by atoms with van der Waals surface area (Å²) in [5.74, 6) is 1.13. The van der Waals surface area contributed by atoms with Crippen LogP contribution in [-0.2, 0) is 11.4 Å². The van der Waals surface area contributed by atoms with Gasteiger partial charge in [0.15, 0.2) is 11.5 Å². The number of methoxy groups -OCH3 is 1. The van der Waals surface area contributed by atoms with E-state index in [0.29, 0.717) is 42.7 Å². The second-order valence-electron chi connectivity index (χ2n) is 13.6. The Labute approximate surface area is 297 Å². The minimum atomic E-state index is -0.430.